The number of hydrogen-bond acceptors (Lipinski definition) is 1. The van der Waals surface area contributed by atoms with E-state index in [2.05, 4.69) is 58.0 Å². The van der Waals surface area contributed by atoms with Crippen LogP contribution in [0.25, 0.3) is 5.76 Å². The van der Waals surface area contributed by atoms with Crippen molar-refractivity contribution in [2.75, 3.05) is 0 Å². The molecule has 1 rings (SSSR count). The summed E-state index contributed by atoms with van der Waals surface area (Å²) in [7, 11) is -0.416. The Hall–Kier alpha value is -0.810. The summed E-state index contributed by atoms with van der Waals surface area (Å²) in [5.41, 5.74) is 2.34. The molecule has 0 fully saturated rings. The van der Waals surface area contributed by atoms with Gasteiger partial charge in [-0.2, -0.15) is 0 Å². The highest BCUT2D eigenvalue weighted by molar-refractivity contribution is 7.54. The summed E-state index contributed by atoms with van der Waals surface area (Å²) >= 11 is 0. The molecule has 17 heavy (non-hydrogen) atoms. The average Bonchev–Trinajstić information content (AvgIpc) is 2.30. The third-order valence-corrected chi connectivity index (χ3v) is 4.99. The van der Waals surface area contributed by atoms with E-state index in [-0.39, 0.29) is 0 Å². The first kappa shape index (κ1) is 14.3. The Morgan fingerprint density at radius 2 is 1.59 bits per heavy atom. The van der Waals surface area contributed by atoms with Gasteiger partial charge in [-0.25, -0.2) is 0 Å². The van der Waals surface area contributed by atoms with Gasteiger partial charge in [-0.05, 0) is 13.0 Å². The summed E-state index contributed by atoms with van der Waals surface area (Å²) in [4.78, 5) is 0. The Labute approximate surface area is 107 Å². The zero-order valence-corrected chi connectivity index (χ0v) is 12.4. The van der Waals surface area contributed by atoms with Crippen LogP contribution in [0.1, 0.15) is 40.2 Å². The Morgan fingerprint density at radius 1 is 1.06 bits per heavy atom. The Kier molecular flexibility index (Phi) is 5.71. The molecule has 2 heteroatoms. The van der Waals surface area contributed by atoms with Crippen LogP contribution in [0.15, 0.2) is 36.4 Å². The molecule has 0 bridgehead atoms. The molecule has 0 spiro atoms. The van der Waals surface area contributed by atoms with Crippen molar-refractivity contribution < 1.29 is 4.52 Å². The third-order valence-electron chi connectivity index (χ3n) is 2.54. The summed E-state index contributed by atoms with van der Waals surface area (Å²) in [6.07, 6.45) is 2.06. The summed E-state index contributed by atoms with van der Waals surface area (Å²) in [5, 5.41) is 0. The van der Waals surface area contributed by atoms with E-state index in [1.165, 1.54) is 5.56 Å². The van der Waals surface area contributed by atoms with Crippen LogP contribution in [0.4, 0.5) is 0 Å². The molecular weight excluding hydrogens is 227 g/mol. The summed E-state index contributed by atoms with van der Waals surface area (Å²) in [6, 6.07) is 10.3. The van der Waals surface area contributed by atoms with Crippen LogP contribution in [0, 0.1) is 0 Å². The van der Waals surface area contributed by atoms with Crippen LogP contribution in [0.5, 0.6) is 0 Å². The quantitative estimate of drug-likeness (QED) is 0.510. The van der Waals surface area contributed by atoms with Gasteiger partial charge in [0.2, 0.25) is 0 Å². The van der Waals surface area contributed by atoms with E-state index in [1.54, 1.807) is 0 Å². The Morgan fingerprint density at radius 3 is 2.00 bits per heavy atom. The van der Waals surface area contributed by atoms with Gasteiger partial charge in [0.1, 0.15) is 5.76 Å². The molecule has 0 aliphatic heterocycles. The molecule has 0 heterocycles. The minimum absolute atomic E-state index is 0.416. The van der Waals surface area contributed by atoms with E-state index in [1.807, 2.05) is 13.0 Å². The Balaban J connectivity index is 2.84. The molecule has 1 aromatic carbocycles. The zero-order valence-electron chi connectivity index (χ0n) is 11.5. The monoisotopic (exact) mass is 250 g/mol. The maximum Gasteiger partial charge on any atom is 0.126 e. The average molecular weight is 250 g/mol. The topological polar surface area (TPSA) is 9.23 Å². The molecule has 0 saturated heterocycles. The first-order chi connectivity index (χ1) is 8.06. The molecule has 0 N–H and O–H groups in total. The lowest BCUT2D eigenvalue weighted by molar-refractivity contribution is 0.551. The first-order valence-corrected chi connectivity index (χ1v) is 7.64. The van der Waals surface area contributed by atoms with Crippen LogP contribution in [0.3, 0.4) is 0 Å². The van der Waals surface area contributed by atoms with Crippen LogP contribution >= 0.6 is 8.15 Å². The van der Waals surface area contributed by atoms with Gasteiger partial charge in [0.05, 0.1) is 8.15 Å². The third kappa shape index (κ3) is 4.16. The molecule has 1 nitrogen and oxygen atoms in total. The number of benzene rings is 1. The molecule has 0 aromatic heterocycles. The van der Waals surface area contributed by atoms with Crippen molar-refractivity contribution in [2.24, 2.45) is 0 Å². The van der Waals surface area contributed by atoms with E-state index >= 15 is 0 Å². The van der Waals surface area contributed by atoms with Gasteiger partial charge in [-0.3, -0.25) is 0 Å². The van der Waals surface area contributed by atoms with Crippen molar-refractivity contribution in [3.8, 4) is 0 Å². The largest absolute Gasteiger partial charge is 0.473 e. The predicted octanol–water partition coefficient (Wildman–Crippen LogP) is 5.28. The first-order valence-electron chi connectivity index (χ1n) is 6.24. The SMILES string of the molecule is C/C=C(/OP(C(C)C)C(C)C)c1ccccc1. The lowest BCUT2D eigenvalue weighted by Crippen LogP contribution is -2.06. The van der Waals surface area contributed by atoms with Crippen molar-refractivity contribution in [1.29, 1.82) is 0 Å². The van der Waals surface area contributed by atoms with Crippen molar-refractivity contribution in [3.05, 3.63) is 42.0 Å². The highest BCUT2D eigenvalue weighted by Gasteiger charge is 2.20. The van der Waals surface area contributed by atoms with E-state index in [0.717, 1.165) is 5.76 Å². The van der Waals surface area contributed by atoms with Crippen LogP contribution in [0.2, 0.25) is 0 Å². The fourth-order valence-corrected chi connectivity index (χ4v) is 3.85. The van der Waals surface area contributed by atoms with E-state index < -0.39 is 8.15 Å². The molecule has 0 aliphatic rings. The highest BCUT2D eigenvalue weighted by Crippen LogP contribution is 2.50. The maximum absolute atomic E-state index is 6.23. The van der Waals surface area contributed by atoms with Gasteiger partial charge in [-0.15, -0.1) is 0 Å². The van der Waals surface area contributed by atoms with E-state index in [9.17, 15) is 0 Å². The molecule has 0 aliphatic carbocycles. The number of allylic oxidation sites excluding steroid dienone is 1. The van der Waals surface area contributed by atoms with Gasteiger partial charge in [0, 0.05) is 16.9 Å². The minimum atomic E-state index is -0.416. The Bertz CT molecular complexity index is 346. The summed E-state index contributed by atoms with van der Waals surface area (Å²) < 4.78 is 6.23. The molecule has 0 unspecified atom stereocenters. The smallest absolute Gasteiger partial charge is 0.126 e. The molecule has 0 radical (unpaired) electrons. The lowest BCUT2D eigenvalue weighted by Gasteiger charge is -2.27. The van der Waals surface area contributed by atoms with Crippen molar-refractivity contribution in [3.63, 3.8) is 0 Å². The molecule has 1 aromatic rings. The minimum Gasteiger partial charge on any atom is -0.473 e. The summed E-state index contributed by atoms with van der Waals surface area (Å²) in [5.74, 6) is 1.01. The lowest BCUT2D eigenvalue weighted by atomic mass is 10.2. The van der Waals surface area contributed by atoms with Gasteiger partial charge >= 0.3 is 0 Å². The summed E-state index contributed by atoms with van der Waals surface area (Å²) in [6.45, 7) is 11.0. The van der Waals surface area contributed by atoms with Crippen molar-refractivity contribution in [1.82, 2.24) is 0 Å². The number of rotatable bonds is 5. The van der Waals surface area contributed by atoms with Gasteiger partial charge in [0.25, 0.3) is 0 Å². The second kappa shape index (κ2) is 6.81. The van der Waals surface area contributed by atoms with Crippen LogP contribution in [-0.2, 0) is 4.52 Å². The van der Waals surface area contributed by atoms with Crippen LogP contribution in [-0.4, -0.2) is 11.3 Å². The normalized spacial score (nSPS) is 12.6. The fraction of sp³-hybridized carbons (Fsp3) is 0.467. The van der Waals surface area contributed by atoms with E-state index in [0.29, 0.717) is 11.3 Å². The van der Waals surface area contributed by atoms with Crippen molar-refractivity contribution >= 4 is 13.9 Å². The van der Waals surface area contributed by atoms with Crippen LogP contribution < -0.4 is 0 Å². The second-order valence-electron chi connectivity index (χ2n) is 4.66. The number of hydrogen-bond donors (Lipinski definition) is 0. The molecule has 0 atom stereocenters. The molecule has 94 valence electrons. The standard InChI is InChI=1S/C15H23OP/c1-6-15(14-10-8-7-9-11-14)16-17(12(2)3)13(4)5/h6-13H,1-5H3/b15-6+. The second-order valence-corrected chi connectivity index (χ2v) is 7.63. The fourth-order valence-electron chi connectivity index (χ4n) is 1.80. The predicted molar refractivity (Wildman–Crippen MR) is 78.4 cm³/mol. The maximum atomic E-state index is 6.23. The molecule has 0 saturated carbocycles. The van der Waals surface area contributed by atoms with Gasteiger partial charge in [0.15, 0.2) is 0 Å². The zero-order chi connectivity index (χ0) is 12.8. The van der Waals surface area contributed by atoms with Crippen molar-refractivity contribution in [2.45, 2.75) is 45.9 Å². The highest BCUT2D eigenvalue weighted by atomic mass is 31.1. The van der Waals surface area contributed by atoms with Gasteiger partial charge < -0.3 is 4.52 Å². The molecular formula is C15H23OP. The van der Waals surface area contributed by atoms with E-state index in [4.69, 9.17) is 4.52 Å². The van der Waals surface area contributed by atoms with Gasteiger partial charge in [-0.1, -0.05) is 58.0 Å². The molecule has 0 amide bonds.